The highest BCUT2D eigenvalue weighted by Crippen LogP contribution is 2.03. The quantitative estimate of drug-likeness (QED) is 0.720. The number of rotatable bonds is 8. The van der Waals surface area contributed by atoms with Gasteiger partial charge >= 0.3 is 5.97 Å². The van der Waals surface area contributed by atoms with Crippen LogP contribution in [0.15, 0.2) is 30.3 Å². The summed E-state index contributed by atoms with van der Waals surface area (Å²) in [5.41, 5.74) is 1.04. The Morgan fingerprint density at radius 3 is 2.41 bits per heavy atom. The first-order valence-corrected chi connectivity index (χ1v) is 7.12. The lowest BCUT2D eigenvalue weighted by atomic mass is 10.2. The number of likely N-dealkylation sites (N-methyl/N-ethyl adjacent to an activating group) is 1. The van der Waals surface area contributed by atoms with Crippen molar-refractivity contribution in [1.82, 2.24) is 10.2 Å². The van der Waals surface area contributed by atoms with E-state index in [2.05, 4.69) is 10.1 Å². The lowest BCUT2D eigenvalue weighted by Gasteiger charge is -2.24. The first-order chi connectivity index (χ1) is 10.5. The number of esters is 1. The second kappa shape index (κ2) is 9.17. The van der Waals surface area contributed by atoms with E-state index in [1.165, 1.54) is 7.11 Å². The number of hydrogen-bond donors (Lipinski definition) is 1. The van der Waals surface area contributed by atoms with Gasteiger partial charge in [0.15, 0.2) is 0 Å². The molecule has 0 saturated carbocycles. The number of ether oxygens (including phenoxy) is 2. The van der Waals surface area contributed by atoms with Gasteiger partial charge in [-0.15, -0.1) is 0 Å². The molecule has 1 aromatic carbocycles. The highest BCUT2D eigenvalue weighted by atomic mass is 16.5. The van der Waals surface area contributed by atoms with Crippen LogP contribution in [0.4, 0.5) is 0 Å². The lowest BCUT2D eigenvalue weighted by Crippen LogP contribution is -2.50. The third kappa shape index (κ3) is 5.83. The van der Waals surface area contributed by atoms with Crippen molar-refractivity contribution in [2.24, 2.45) is 0 Å². The summed E-state index contributed by atoms with van der Waals surface area (Å²) in [6, 6.07) is 8.58. The van der Waals surface area contributed by atoms with E-state index in [9.17, 15) is 9.59 Å². The minimum atomic E-state index is -0.686. The van der Waals surface area contributed by atoms with Gasteiger partial charge in [0.2, 0.25) is 5.91 Å². The molecule has 0 spiro atoms. The van der Waals surface area contributed by atoms with Crippen LogP contribution in [0.1, 0.15) is 12.5 Å². The zero-order valence-electron chi connectivity index (χ0n) is 13.5. The fraction of sp³-hybridized carbons (Fsp3) is 0.500. The zero-order valence-corrected chi connectivity index (χ0v) is 13.5. The average molecular weight is 308 g/mol. The average Bonchev–Trinajstić information content (AvgIpc) is 2.51. The van der Waals surface area contributed by atoms with Crippen LogP contribution in [0, 0.1) is 0 Å². The summed E-state index contributed by atoms with van der Waals surface area (Å²) in [5, 5.41) is 2.63. The summed E-state index contributed by atoms with van der Waals surface area (Å²) < 4.78 is 10.2. The van der Waals surface area contributed by atoms with Gasteiger partial charge in [0.25, 0.3) is 0 Å². The number of carbonyl (C=O) groups is 2. The Bertz CT molecular complexity index is 476. The summed E-state index contributed by atoms with van der Waals surface area (Å²) in [6.45, 7) is 2.26. The van der Waals surface area contributed by atoms with Gasteiger partial charge in [0.05, 0.1) is 20.3 Å². The molecule has 0 aliphatic carbocycles. The van der Waals surface area contributed by atoms with E-state index in [0.29, 0.717) is 6.61 Å². The van der Waals surface area contributed by atoms with E-state index >= 15 is 0 Å². The number of amides is 1. The maximum atomic E-state index is 12.2. The Morgan fingerprint density at radius 1 is 1.23 bits per heavy atom. The minimum Gasteiger partial charge on any atom is -0.467 e. The molecule has 22 heavy (non-hydrogen) atoms. The summed E-state index contributed by atoms with van der Waals surface area (Å²) in [5.74, 6) is -0.743. The number of hydrogen-bond acceptors (Lipinski definition) is 5. The minimum absolute atomic E-state index is 0.238. The molecule has 0 fully saturated rings. The Kier molecular flexibility index (Phi) is 7.56. The number of carbonyl (C=O) groups excluding carboxylic acids is 2. The van der Waals surface area contributed by atoms with Crippen LogP contribution >= 0.6 is 0 Å². The highest BCUT2D eigenvalue weighted by molar-refractivity contribution is 5.87. The van der Waals surface area contributed by atoms with E-state index in [-0.39, 0.29) is 12.5 Å². The van der Waals surface area contributed by atoms with Gasteiger partial charge in [-0.3, -0.25) is 9.69 Å². The molecule has 1 N–H and O–H groups in total. The molecule has 1 amide bonds. The summed E-state index contributed by atoms with van der Waals surface area (Å²) in [6.07, 6.45) is 0. The molecular formula is C16H24N2O4. The molecule has 0 heterocycles. The first-order valence-electron chi connectivity index (χ1n) is 7.12. The van der Waals surface area contributed by atoms with Crippen LogP contribution in [0.5, 0.6) is 0 Å². The molecule has 0 aliphatic heterocycles. The summed E-state index contributed by atoms with van der Waals surface area (Å²) in [4.78, 5) is 25.3. The van der Waals surface area contributed by atoms with E-state index in [1.807, 2.05) is 30.3 Å². The maximum absolute atomic E-state index is 12.2. The van der Waals surface area contributed by atoms with Crippen LogP contribution in [0.25, 0.3) is 0 Å². The van der Waals surface area contributed by atoms with Crippen LogP contribution in [-0.2, 0) is 25.7 Å². The number of nitrogens with zero attached hydrogens (tertiary/aromatic N) is 1. The third-order valence-corrected chi connectivity index (χ3v) is 3.23. The van der Waals surface area contributed by atoms with Crippen molar-refractivity contribution in [2.45, 2.75) is 25.6 Å². The molecular weight excluding hydrogens is 284 g/mol. The standard InChI is InChI=1S/C16H24N2O4/c1-12(16(20)21-4)17-15(19)14(18(2)3)11-22-10-13-8-6-5-7-9-13/h5-9,12,14H,10-11H2,1-4H3,(H,17,19)/t12-,14-/m1/s1. The molecule has 0 aliphatic rings. The fourth-order valence-corrected chi connectivity index (χ4v) is 1.87. The zero-order chi connectivity index (χ0) is 16.5. The van der Waals surface area contributed by atoms with Crippen LogP contribution < -0.4 is 5.32 Å². The predicted octanol–water partition coefficient (Wildman–Crippen LogP) is 0.811. The SMILES string of the molecule is COC(=O)[C@@H](C)NC(=O)[C@@H](COCc1ccccc1)N(C)C. The molecule has 1 rings (SSSR count). The Balaban J connectivity index is 2.50. The van der Waals surface area contributed by atoms with Gasteiger partial charge < -0.3 is 14.8 Å². The molecule has 0 saturated heterocycles. The van der Waals surface area contributed by atoms with Crippen molar-refractivity contribution < 1.29 is 19.1 Å². The highest BCUT2D eigenvalue weighted by Gasteiger charge is 2.25. The van der Waals surface area contributed by atoms with Gasteiger partial charge in [-0.25, -0.2) is 4.79 Å². The molecule has 122 valence electrons. The molecule has 6 heteroatoms. The lowest BCUT2D eigenvalue weighted by molar-refractivity contribution is -0.145. The van der Waals surface area contributed by atoms with Crippen LogP contribution in [0.3, 0.4) is 0 Å². The Morgan fingerprint density at radius 2 is 1.86 bits per heavy atom. The molecule has 6 nitrogen and oxygen atoms in total. The van der Waals surface area contributed by atoms with Gasteiger partial charge in [-0.05, 0) is 26.6 Å². The Hall–Kier alpha value is -1.92. The second-order valence-electron chi connectivity index (χ2n) is 5.23. The molecule has 0 unspecified atom stereocenters. The predicted molar refractivity (Wildman–Crippen MR) is 83.2 cm³/mol. The van der Waals surface area contributed by atoms with Crippen molar-refractivity contribution in [3.05, 3.63) is 35.9 Å². The topological polar surface area (TPSA) is 67.9 Å². The van der Waals surface area contributed by atoms with E-state index in [1.54, 1.807) is 25.9 Å². The van der Waals surface area contributed by atoms with E-state index in [0.717, 1.165) is 5.56 Å². The monoisotopic (exact) mass is 308 g/mol. The first kappa shape index (κ1) is 18.1. The smallest absolute Gasteiger partial charge is 0.328 e. The van der Waals surface area contributed by atoms with E-state index in [4.69, 9.17) is 4.74 Å². The van der Waals surface area contributed by atoms with Gasteiger partial charge in [0.1, 0.15) is 12.1 Å². The van der Waals surface area contributed by atoms with Gasteiger partial charge in [-0.2, -0.15) is 0 Å². The van der Waals surface area contributed by atoms with Crippen LogP contribution in [-0.4, -0.2) is 56.7 Å². The summed E-state index contributed by atoms with van der Waals surface area (Å²) in [7, 11) is 4.87. The van der Waals surface area contributed by atoms with Crippen molar-refractivity contribution >= 4 is 11.9 Å². The van der Waals surface area contributed by atoms with Gasteiger partial charge in [-0.1, -0.05) is 30.3 Å². The summed E-state index contributed by atoms with van der Waals surface area (Å²) >= 11 is 0. The normalized spacial score (nSPS) is 13.5. The van der Waals surface area contributed by atoms with Crippen molar-refractivity contribution in [3.8, 4) is 0 Å². The van der Waals surface area contributed by atoms with Crippen molar-refractivity contribution in [2.75, 3.05) is 27.8 Å². The Labute approximate surface area is 131 Å². The maximum Gasteiger partial charge on any atom is 0.328 e. The van der Waals surface area contributed by atoms with Crippen LogP contribution in [0.2, 0.25) is 0 Å². The molecule has 0 radical (unpaired) electrons. The van der Waals surface area contributed by atoms with E-state index < -0.39 is 18.1 Å². The molecule has 1 aromatic rings. The molecule has 0 bridgehead atoms. The van der Waals surface area contributed by atoms with Crippen molar-refractivity contribution in [3.63, 3.8) is 0 Å². The van der Waals surface area contributed by atoms with Crippen molar-refractivity contribution in [1.29, 1.82) is 0 Å². The third-order valence-electron chi connectivity index (χ3n) is 3.23. The van der Waals surface area contributed by atoms with Gasteiger partial charge in [0, 0.05) is 0 Å². The number of benzene rings is 1. The number of methoxy groups -OCH3 is 1. The number of nitrogens with one attached hydrogen (secondary N) is 1. The fourth-order valence-electron chi connectivity index (χ4n) is 1.87. The molecule has 2 atom stereocenters. The molecule has 0 aromatic heterocycles. The second-order valence-corrected chi connectivity index (χ2v) is 5.23. The largest absolute Gasteiger partial charge is 0.467 e.